The zero-order valence-electron chi connectivity index (χ0n) is 11.9. The predicted octanol–water partition coefficient (Wildman–Crippen LogP) is 2.79. The zero-order valence-corrected chi connectivity index (χ0v) is 12.6. The van der Waals surface area contributed by atoms with Crippen molar-refractivity contribution in [2.75, 3.05) is 0 Å². The van der Waals surface area contributed by atoms with Gasteiger partial charge < -0.3 is 0 Å². The molecule has 3 rings (SSSR count). The topological polar surface area (TPSA) is 64.0 Å². The highest BCUT2D eigenvalue weighted by atomic mass is 35.5. The van der Waals surface area contributed by atoms with E-state index in [0.717, 1.165) is 10.9 Å². The number of amides is 2. The Kier molecular flexibility index (Phi) is 3.45. The molecule has 2 aromatic rings. The van der Waals surface area contributed by atoms with Crippen LogP contribution in [-0.2, 0) is 9.59 Å². The van der Waals surface area contributed by atoms with Gasteiger partial charge >= 0.3 is 0 Å². The lowest BCUT2D eigenvalue weighted by Gasteiger charge is -2.21. The molecule has 0 saturated carbocycles. The highest BCUT2D eigenvalue weighted by molar-refractivity contribution is 6.34. The summed E-state index contributed by atoms with van der Waals surface area (Å²) in [6.07, 6.45) is 0.767. The van der Waals surface area contributed by atoms with E-state index in [4.69, 9.17) is 11.6 Å². The van der Waals surface area contributed by atoms with Gasteiger partial charge in [-0.15, -0.1) is 0 Å². The summed E-state index contributed by atoms with van der Waals surface area (Å²) < 4.78 is 1.63. The minimum Gasteiger partial charge on any atom is -0.295 e. The second-order valence-electron chi connectivity index (χ2n) is 5.63. The van der Waals surface area contributed by atoms with Crippen molar-refractivity contribution in [3.63, 3.8) is 0 Å². The van der Waals surface area contributed by atoms with Crippen LogP contribution in [0.3, 0.4) is 0 Å². The van der Waals surface area contributed by atoms with Crippen LogP contribution in [0.5, 0.6) is 0 Å². The Balaban J connectivity index is 2.08. The first-order valence-electron chi connectivity index (χ1n) is 6.98. The Morgan fingerprint density at radius 2 is 2.14 bits per heavy atom. The summed E-state index contributed by atoms with van der Waals surface area (Å²) in [7, 11) is 0. The number of carbonyl (C=O) groups is 2. The molecule has 0 aliphatic carbocycles. The van der Waals surface area contributed by atoms with Gasteiger partial charge in [-0.2, -0.15) is 5.10 Å². The van der Waals surface area contributed by atoms with Crippen LogP contribution in [0.25, 0.3) is 10.9 Å². The first-order valence-corrected chi connectivity index (χ1v) is 7.36. The molecule has 1 fully saturated rings. The molecule has 1 aliphatic rings. The van der Waals surface area contributed by atoms with E-state index in [-0.39, 0.29) is 11.8 Å². The highest BCUT2D eigenvalue weighted by Gasteiger charge is 2.30. The number of hydrogen-bond donors (Lipinski definition) is 1. The largest absolute Gasteiger partial charge is 0.295 e. The van der Waals surface area contributed by atoms with Crippen LogP contribution in [0.15, 0.2) is 18.2 Å². The van der Waals surface area contributed by atoms with Crippen LogP contribution in [-0.4, -0.2) is 21.6 Å². The monoisotopic (exact) mass is 305 g/mol. The zero-order chi connectivity index (χ0) is 15.1. The summed E-state index contributed by atoms with van der Waals surface area (Å²) in [5.41, 5.74) is 1.99. The molecule has 6 heteroatoms. The molecular weight excluding hydrogens is 290 g/mol. The van der Waals surface area contributed by atoms with Gasteiger partial charge in [0.05, 0.1) is 5.52 Å². The number of benzene rings is 1. The maximum Gasteiger partial charge on any atom is 0.251 e. The van der Waals surface area contributed by atoms with Gasteiger partial charge in [-0.3, -0.25) is 19.6 Å². The van der Waals surface area contributed by atoms with Crippen LogP contribution < -0.4 is 5.32 Å². The molecule has 1 aromatic carbocycles. The average molecular weight is 306 g/mol. The first kappa shape index (κ1) is 14.1. The van der Waals surface area contributed by atoms with Gasteiger partial charge in [0, 0.05) is 11.8 Å². The van der Waals surface area contributed by atoms with E-state index in [1.165, 1.54) is 5.56 Å². The molecule has 1 aliphatic heterocycles. The van der Waals surface area contributed by atoms with Gasteiger partial charge in [0.1, 0.15) is 6.04 Å². The lowest BCUT2D eigenvalue weighted by molar-refractivity contribution is -0.135. The molecule has 5 nitrogen and oxygen atoms in total. The van der Waals surface area contributed by atoms with E-state index in [9.17, 15) is 9.59 Å². The molecule has 0 radical (unpaired) electrons. The van der Waals surface area contributed by atoms with Crippen molar-refractivity contribution in [1.82, 2.24) is 15.1 Å². The second kappa shape index (κ2) is 5.15. The minimum atomic E-state index is -0.484. The quantitative estimate of drug-likeness (QED) is 0.868. The van der Waals surface area contributed by atoms with E-state index in [0.29, 0.717) is 23.9 Å². The third-order valence-electron chi connectivity index (χ3n) is 3.86. The maximum atomic E-state index is 12.0. The summed E-state index contributed by atoms with van der Waals surface area (Å²) in [6.45, 7) is 4.22. The van der Waals surface area contributed by atoms with Crippen molar-refractivity contribution in [1.29, 1.82) is 0 Å². The van der Waals surface area contributed by atoms with Crippen molar-refractivity contribution in [2.24, 2.45) is 0 Å². The standard InChI is InChI=1S/C15H16ClN3O2/c1-8(2)9-3-4-11-10(7-9)14(16)18-19(11)12-5-6-13(20)17-15(12)21/h3-4,7-8,12H,5-6H2,1-2H3,(H,17,20,21). The molecule has 2 amide bonds. The van der Waals surface area contributed by atoms with E-state index in [1.807, 2.05) is 18.2 Å². The van der Waals surface area contributed by atoms with Crippen LogP contribution in [0.2, 0.25) is 5.15 Å². The number of nitrogens with zero attached hydrogens (tertiary/aromatic N) is 2. The molecule has 1 atom stereocenters. The van der Waals surface area contributed by atoms with Crippen molar-refractivity contribution >= 4 is 34.3 Å². The molecule has 21 heavy (non-hydrogen) atoms. The van der Waals surface area contributed by atoms with E-state index < -0.39 is 6.04 Å². The van der Waals surface area contributed by atoms with Gasteiger partial charge in [-0.1, -0.05) is 31.5 Å². The number of fused-ring (bicyclic) bond motifs is 1. The van der Waals surface area contributed by atoms with Gasteiger partial charge in [0.2, 0.25) is 5.91 Å². The van der Waals surface area contributed by atoms with Crippen molar-refractivity contribution in [3.8, 4) is 0 Å². The number of rotatable bonds is 2. The number of piperidine rings is 1. The van der Waals surface area contributed by atoms with Gasteiger partial charge in [0.25, 0.3) is 5.91 Å². The Hall–Kier alpha value is -1.88. The Labute approximate surface area is 127 Å². The molecule has 1 N–H and O–H groups in total. The molecule has 0 bridgehead atoms. The number of halogens is 1. The van der Waals surface area contributed by atoms with E-state index in [1.54, 1.807) is 4.68 Å². The first-order chi connectivity index (χ1) is 9.97. The van der Waals surface area contributed by atoms with Crippen LogP contribution in [0.1, 0.15) is 44.2 Å². The van der Waals surface area contributed by atoms with Crippen molar-refractivity contribution in [2.45, 2.75) is 38.6 Å². The van der Waals surface area contributed by atoms with Gasteiger partial charge in [-0.05, 0) is 30.0 Å². The molecule has 1 aromatic heterocycles. The molecule has 110 valence electrons. The van der Waals surface area contributed by atoms with Crippen LogP contribution >= 0.6 is 11.6 Å². The number of carbonyl (C=O) groups excluding carboxylic acids is 2. The Bertz CT molecular complexity index is 736. The lowest BCUT2D eigenvalue weighted by Crippen LogP contribution is -2.42. The molecular formula is C15H16ClN3O2. The highest BCUT2D eigenvalue weighted by Crippen LogP contribution is 2.30. The van der Waals surface area contributed by atoms with Crippen molar-refractivity contribution in [3.05, 3.63) is 28.9 Å². The summed E-state index contributed by atoms with van der Waals surface area (Å²) in [5.74, 6) is -0.162. The fraction of sp³-hybridized carbons (Fsp3) is 0.400. The smallest absolute Gasteiger partial charge is 0.251 e. The molecule has 2 heterocycles. The van der Waals surface area contributed by atoms with Crippen LogP contribution in [0, 0.1) is 0 Å². The number of aromatic nitrogens is 2. The number of imide groups is 1. The average Bonchev–Trinajstić information content (AvgIpc) is 2.75. The predicted molar refractivity (Wildman–Crippen MR) is 80.3 cm³/mol. The maximum absolute atomic E-state index is 12.0. The third-order valence-corrected chi connectivity index (χ3v) is 4.14. The molecule has 1 saturated heterocycles. The summed E-state index contributed by atoms with van der Waals surface area (Å²) >= 11 is 6.22. The number of nitrogens with one attached hydrogen (secondary N) is 1. The SMILES string of the molecule is CC(C)c1ccc2c(c1)c(Cl)nn2C1CCC(=O)NC1=O. The van der Waals surface area contributed by atoms with Crippen LogP contribution in [0.4, 0.5) is 0 Å². The molecule has 0 spiro atoms. The fourth-order valence-electron chi connectivity index (χ4n) is 2.63. The molecule has 1 unspecified atom stereocenters. The van der Waals surface area contributed by atoms with Gasteiger partial charge in [0.15, 0.2) is 5.15 Å². The Morgan fingerprint density at radius 3 is 2.81 bits per heavy atom. The van der Waals surface area contributed by atoms with E-state index >= 15 is 0 Å². The second-order valence-corrected chi connectivity index (χ2v) is 5.99. The number of hydrogen-bond acceptors (Lipinski definition) is 3. The summed E-state index contributed by atoms with van der Waals surface area (Å²) in [6, 6.07) is 5.49. The summed E-state index contributed by atoms with van der Waals surface area (Å²) in [4.78, 5) is 23.2. The lowest BCUT2D eigenvalue weighted by atomic mass is 10.0. The van der Waals surface area contributed by atoms with Gasteiger partial charge in [-0.25, -0.2) is 0 Å². The van der Waals surface area contributed by atoms with Crippen molar-refractivity contribution < 1.29 is 9.59 Å². The summed E-state index contributed by atoms with van der Waals surface area (Å²) in [5, 5.41) is 7.88. The Morgan fingerprint density at radius 1 is 1.38 bits per heavy atom. The fourth-order valence-corrected chi connectivity index (χ4v) is 2.87. The minimum absolute atomic E-state index is 0.235. The van der Waals surface area contributed by atoms with E-state index in [2.05, 4.69) is 24.3 Å². The normalized spacial score (nSPS) is 19.3. The third kappa shape index (κ3) is 2.42.